The van der Waals surface area contributed by atoms with Gasteiger partial charge in [-0.1, -0.05) is 116 Å². The van der Waals surface area contributed by atoms with Crippen molar-refractivity contribution in [3.05, 3.63) is 130 Å². The fourth-order valence-electron chi connectivity index (χ4n) is 7.27. The van der Waals surface area contributed by atoms with Crippen LogP contribution in [0.2, 0.25) is 0 Å². The molecule has 0 amide bonds. The van der Waals surface area contributed by atoms with Crippen LogP contribution in [0.15, 0.2) is 85.2 Å². The topological polar surface area (TPSA) is 35.6 Å². The van der Waals surface area contributed by atoms with Crippen molar-refractivity contribution in [2.45, 2.75) is 55.4 Å². The van der Waals surface area contributed by atoms with Crippen molar-refractivity contribution in [3.8, 4) is 28.5 Å². The molecule has 0 aliphatic heterocycles. The lowest BCUT2D eigenvalue weighted by molar-refractivity contribution is 0.853. The second-order valence-corrected chi connectivity index (χ2v) is 12.6. The third kappa shape index (κ3) is 5.21. The number of para-hydroxylation sites is 1. The monoisotopic (exact) mass is 576 g/mol. The van der Waals surface area contributed by atoms with Crippen LogP contribution >= 0.6 is 0 Å². The van der Waals surface area contributed by atoms with E-state index in [9.17, 15) is 0 Å². The van der Waals surface area contributed by atoms with Gasteiger partial charge in [0.1, 0.15) is 5.69 Å². The molecule has 6 rings (SSSR count). The molecule has 6 aromatic rings. The van der Waals surface area contributed by atoms with E-state index >= 15 is 0 Å². The lowest BCUT2D eigenvalue weighted by Gasteiger charge is -2.24. The second kappa shape index (κ2) is 11.5. The average Bonchev–Trinajstić information content (AvgIpc) is 3.58. The summed E-state index contributed by atoms with van der Waals surface area (Å²) in [5, 5.41) is 4.92. The maximum absolute atomic E-state index is 4.92. The summed E-state index contributed by atoms with van der Waals surface area (Å²) in [6.07, 6.45) is 3.99. The quantitative estimate of drug-likeness (QED) is 0.202. The molecule has 2 aromatic heterocycles. The highest BCUT2D eigenvalue weighted by Crippen LogP contribution is 2.26. The van der Waals surface area contributed by atoms with Gasteiger partial charge >= 0.3 is 0 Å². The minimum atomic E-state index is 0.154. The Balaban J connectivity index is 1.39. The molecule has 0 spiro atoms. The second-order valence-electron chi connectivity index (χ2n) is 12.6. The molecule has 0 unspecified atom stereocenters. The van der Waals surface area contributed by atoms with Gasteiger partial charge in [-0.3, -0.25) is 0 Å². The zero-order chi connectivity index (χ0) is 31.3. The Hall–Kier alpha value is -4.64. The summed E-state index contributed by atoms with van der Waals surface area (Å²) in [5.41, 5.74) is 18.7. The van der Waals surface area contributed by atoms with E-state index in [4.69, 9.17) is 10.1 Å². The van der Waals surface area contributed by atoms with E-state index in [0.29, 0.717) is 0 Å². The number of aryl methyl sites for hydroxylation is 8. The number of imidazole rings is 1. The van der Waals surface area contributed by atoms with Crippen LogP contribution in [0.4, 0.5) is 0 Å². The van der Waals surface area contributed by atoms with Crippen LogP contribution in [0.3, 0.4) is 0 Å². The van der Waals surface area contributed by atoms with Crippen LogP contribution in [0.5, 0.6) is 0 Å². The Kier molecular flexibility index (Phi) is 7.67. The number of hydrogen-bond acceptors (Lipinski definition) is 2. The first-order valence-corrected chi connectivity index (χ1v) is 15.4. The highest BCUT2D eigenvalue weighted by atomic mass is 15.3. The lowest BCUT2D eigenvalue weighted by Crippen LogP contribution is -2.55. The van der Waals surface area contributed by atoms with Crippen LogP contribution < -0.4 is 16.4 Å². The van der Waals surface area contributed by atoms with Crippen LogP contribution in [0.1, 0.15) is 44.5 Å². The molecule has 4 aromatic carbocycles. The molecule has 220 valence electrons. The molecular weight excluding hydrogens is 535 g/mol. The fourth-order valence-corrected chi connectivity index (χ4v) is 7.27. The van der Waals surface area contributed by atoms with Gasteiger partial charge in [-0.15, -0.1) is 0 Å². The van der Waals surface area contributed by atoms with E-state index in [0.717, 1.165) is 28.5 Å². The van der Waals surface area contributed by atoms with Crippen molar-refractivity contribution >= 4 is 23.1 Å². The van der Waals surface area contributed by atoms with Crippen molar-refractivity contribution in [3.63, 3.8) is 0 Å². The fraction of sp³-hybridized carbons (Fsp3) is 0.231. The maximum Gasteiger partial charge on any atom is 0.242 e. The number of rotatable bonds is 6. The smallest absolute Gasteiger partial charge is 0.242 e. The third-order valence-electron chi connectivity index (χ3n) is 9.07. The molecule has 4 nitrogen and oxygen atoms in total. The highest BCUT2D eigenvalue weighted by Gasteiger charge is 2.28. The molecule has 0 saturated heterocycles. The normalized spacial score (nSPS) is 11.3. The van der Waals surface area contributed by atoms with Crippen LogP contribution in [-0.2, 0) is 7.05 Å². The van der Waals surface area contributed by atoms with E-state index in [1.165, 1.54) is 60.9 Å². The minimum Gasteiger partial charge on any atom is -0.326 e. The van der Waals surface area contributed by atoms with E-state index in [1.807, 2.05) is 23.1 Å². The summed E-state index contributed by atoms with van der Waals surface area (Å²) >= 11 is 0. The van der Waals surface area contributed by atoms with Gasteiger partial charge in [-0.05, 0) is 78.1 Å². The summed E-state index contributed by atoms with van der Waals surface area (Å²) in [7, 11) is 2.07. The largest absolute Gasteiger partial charge is 0.326 e. The SMILES string of the molecule is Cc1cc(C)c(B(c2ccc(-c3cnc(-c4ccn(-c5c(C)cccc5C)n4)n3C)cc2)c2c(C)cc(C)cc2C)c(C)c1. The standard InChI is InChI=1S/C39H41BN4/c1-24-19-28(5)36(29(6)20-24)40(37-30(7)21-25(2)22-31(37)8)33-15-13-32(14-16-33)35-23-41-39(43(35)9)34-17-18-44(42-34)38-26(3)11-10-12-27(38)4/h10-23H,1-9H3. The Morgan fingerprint density at radius 2 is 1.14 bits per heavy atom. The third-order valence-corrected chi connectivity index (χ3v) is 9.07. The summed E-state index contributed by atoms with van der Waals surface area (Å²) in [6, 6.07) is 26.8. The molecule has 0 fully saturated rings. The van der Waals surface area contributed by atoms with Crippen molar-refractivity contribution in [1.82, 2.24) is 19.3 Å². The number of hydrogen-bond donors (Lipinski definition) is 0. The molecule has 0 N–H and O–H groups in total. The molecular formula is C39H41BN4. The Morgan fingerprint density at radius 3 is 1.66 bits per heavy atom. The maximum atomic E-state index is 4.92. The van der Waals surface area contributed by atoms with Gasteiger partial charge in [-0.25, -0.2) is 9.67 Å². The molecule has 0 bridgehead atoms. The van der Waals surface area contributed by atoms with Crippen LogP contribution in [0, 0.1) is 55.4 Å². The van der Waals surface area contributed by atoms with Crippen molar-refractivity contribution < 1.29 is 0 Å². The molecule has 2 heterocycles. The molecule has 44 heavy (non-hydrogen) atoms. The molecule has 0 atom stereocenters. The van der Waals surface area contributed by atoms with E-state index in [-0.39, 0.29) is 6.71 Å². The zero-order valence-electron chi connectivity index (χ0n) is 27.4. The van der Waals surface area contributed by atoms with Crippen molar-refractivity contribution in [2.75, 3.05) is 0 Å². The highest BCUT2D eigenvalue weighted by molar-refractivity contribution is 6.96. The van der Waals surface area contributed by atoms with Gasteiger partial charge in [0.2, 0.25) is 6.71 Å². The first-order valence-electron chi connectivity index (χ1n) is 15.4. The molecule has 0 aliphatic rings. The van der Waals surface area contributed by atoms with E-state index in [1.54, 1.807) is 0 Å². The predicted octanol–water partition coefficient (Wildman–Crippen LogP) is 6.92. The Labute approximate surface area is 262 Å². The Bertz CT molecular complexity index is 1890. The first kappa shape index (κ1) is 29.4. The minimum absolute atomic E-state index is 0.154. The van der Waals surface area contributed by atoms with Crippen molar-refractivity contribution in [1.29, 1.82) is 0 Å². The Morgan fingerprint density at radius 1 is 0.614 bits per heavy atom. The van der Waals surface area contributed by atoms with Gasteiger partial charge in [0.25, 0.3) is 0 Å². The molecule has 0 saturated carbocycles. The summed E-state index contributed by atoms with van der Waals surface area (Å²) in [4.78, 5) is 4.82. The summed E-state index contributed by atoms with van der Waals surface area (Å²) in [5.74, 6) is 0.851. The van der Waals surface area contributed by atoms with Gasteiger partial charge in [0, 0.05) is 13.2 Å². The lowest BCUT2D eigenvalue weighted by atomic mass is 9.34. The molecule has 0 radical (unpaired) electrons. The van der Waals surface area contributed by atoms with Crippen LogP contribution in [-0.4, -0.2) is 26.0 Å². The average molecular weight is 577 g/mol. The number of benzene rings is 4. The molecule has 0 aliphatic carbocycles. The predicted molar refractivity (Wildman–Crippen MR) is 187 cm³/mol. The van der Waals surface area contributed by atoms with Gasteiger partial charge < -0.3 is 4.57 Å². The summed E-state index contributed by atoms with van der Waals surface area (Å²) in [6.45, 7) is 17.8. The van der Waals surface area contributed by atoms with E-state index < -0.39 is 0 Å². The van der Waals surface area contributed by atoms with Crippen molar-refractivity contribution in [2.24, 2.45) is 7.05 Å². The number of aromatic nitrogens is 4. The number of nitrogens with zero attached hydrogens (tertiary/aromatic N) is 4. The van der Waals surface area contributed by atoms with Gasteiger partial charge in [-0.2, -0.15) is 5.10 Å². The van der Waals surface area contributed by atoms with E-state index in [2.05, 4.69) is 134 Å². The first-order chi connectivity index (χ1) is 21.0. The van der Waals surface area contributed by atoms with Gasteiger partial charge in [0.15, 0.2) is 5.82 Å². The van der Waals surface area contributed by atoms with Gasteiger partial charge in [0.05, 0.1) is 17.6 Å². The summed E-state index contributed by atoms with van der Waals surface area (Å²) < 4.78 is 4.11. The van der Waals surface area contributed by atoms with Crippen LogP contribution in [0.25, 0.3) is 28.5 Å². The zero-order valence-corrected chi connectivity index (χ0v) is 27.4. The molecule has 5 heteroatoms.